The van der Waals surface area contributed by atoms with Crippen molar-refractivity contribution in [3.63, 3.8) is 0 Å². The molecule has 56 valence electrons. The summed E-state index contributed by atoms with van der Waals surface area (Å²) in [5.41, 5.74) is 1.30. The molecule has 3 heteroatoms. The molecule has 1 heterocycles. The first-order chi connectivity index (χ1) is 4.93. The van der Waals surface area contributed by atoms with Crippen LogP contribution in [-0.4, -0.2) is 9.54 Å². The van der Waals surface area contributed by atoms with Crippen molar-refractivity contribution in [1.82, 2.24) is 4.98 Å². The van der Waals surface area contributed by atoms with Crippen molar-refractivity contribution < 1.29 is 4.55 Å². The third-order valence-corrected chi connectivity index (χ3v) is 1.13. The number of aryl methyl sites for hydroxylation is 1. The second-order valence-electron chi connectivity index (χ2n) is 1.71. The summed E-state index contributed by atoms with van der Waals surface area (Å²) < 4.78 is 6.69. The monoisotopic (exact) mass is 157 g/mol. The molecule has 0 saturated carbocycles. The van der Waals surface area contributed by atoms with Crippen LogP contribution in [0, 0.1) is 0 Å². The highest BCUT2D eigenvalue weighted by Crippen LogP contribution is 1.93. The Hall–Kier alpha value is -0.540. The van der Waals surface area contributed by atoms with Crippen LogP contribution in [0.3, 0.4) is 0 Å². The molecule has 1 aromatic rings. The quantitative estimate of drug-likeness (QED) is 0.483. The normalized spacial score (nSPS) is 7.90. The van der Waals surface area contributed by atoms with E-state index in [1.54, 1.807) is 6.20 Å². The fourth-order valence-electron chi connectivity index (χ4n) is 0.607. The number of rotatable bonds is 1. The van der Waals surface area contributed by atoms with Crippen LogP contribution in [0.4, 0.5) is 0 Å². The third kappa shape index (κ3) is 3.48. The van der Waals surface area contributed by atoms with E-state index in [9.17, 15) is 0 Å². The van der Waals surface area contributed by atoms with Gasteiger partial charge in [0.1, 0.15) is 0 Å². The summed E-state index contributed by atoms with van der Waals surface area (Å²) in [5.74, 6) is 0. The minimum Gasteiger partial charge on any atom is -0.333 e. The molecule has 0 aliphatic carbocycles. The molecule has 0 saturated heterocycles. The molecule has 0 spiro atoms. The Bertz CT molecular complexity index is 155. The van der Waals surface area contributed by atoms with E-state index in [0.29, 0.717) is 0 Å². The first kappa shape index (κ1) is 9.46. The summed E-state index contributed by atoms with van der Waals surface area (Å²) in [5, 5.41) is 0. The number of pyridine rings is 1. The van der Waals surface area contributed by atoms with E-state index in [0.717, 1.165) is 6.42 Å². The molecule has 1 aromatic heterocycles. The van der Waals surface area contributed by atoms with Gasteiger partial charge in [-0.1, -0.05) is 13.0 Å². The van der Waals surface area contributed by atoms with Gasteiger partial charge in [-0.2, -0.15) is 0 Å². The van der Waals surface area contributed by atoms with Gasteiger partial charge in [0.05, 0.1) is 0 Å². The second-order valence-corrected chi connectivity index (χ2v) is 1.71. The lowest BCUT2D eigenvalue weighted by Gasteiger charge is -1.88. The number of hydrogen-bond acceptors (Lipinski definition) is 3. The lowest BCUT2D eigenvalue weighted by Crippen LogP contribution is -1.77. The van der Waals surface area contributed by atoms with Crippen molar-refractivity contribution in [2.75, 3.05) is 0 Å². The Labute approximate surface area is 66.5 Å². The average Bonchev–Trinajstić information content (AvgIpc) is 2.10. The van der Waals surface area contributed by atoms with E-state index < -0.39 is 0 Å². The molecule has 1 rings (SSSR count). The lowest BCUT2D eigenvalue weighted by atomic mass is 10.2. The molecule has 2 nitrogen and oxygen atoms in total. The Kier molecular flexibility index (Phi) is 6.22. The fourth-order valence-corrected chi connectivity index (χ4v) is 0.607. The molecule has 1 N–H and O–H groups in total. The van der Waals surface area contributed by atoms with Gasteiger partial charge in [-0.3, -0.25) is 4.98 Å². The number of aromatic nitrogens is 1. The van der Waals surface area contributed by atoms with Crippen LogP contribution in [0.2, 0.25) is 0 Å². The maximum Gasteiger partial charge on any atom is 0.0299 e. The highest BCUT2D eigenvalue weighted by Gasteiger charge is 1.81. The van der Waals surface area contributed by atoms with Gasteiger partial charge in [0.25, 0.3) is 0 Å². The van der Waals surface area contributed by atoms with E-state index in [1.807, 2.05) is 12.3 Å². The van der Waals surface area contributed by atoms with Gasteiger partial charge in [0, 0.05) is 12.4 Å². The van der Waals surface area contributed by atoms with Crippen molar-refractivity contribution in [2.24, 2.45) is 0 Å². The van der Waals surface area contributed by atoms with Gasteiger partial charge >= 0.3 is 0 Å². The van der Waals surface area contributed by atoms with Crippen LogP contribution < -0.4 is 0 Å². The molecule has 0 aromatic carbocycles. The molecule has 0 bridgehead atoms. The molecule has 0 atom stereocenters. The Morgan fingerprint density at radius 2 is 2.30 bits per heavy atom. The molecule has 0 amide bonds. The van der Waals surface area contributed by atoms with E-state index in [1.165, 1.54) is 5.56 Å². The number of nitrogens with zero attached hydrogens (tertiary/aromatic N) is 1. The standard InChI is InChI=1S/C7H9N.H2OS/c1-2-7-4-3-5-8-6-7;1-2/h3-6H,2H2,1H3;1-2H. The van der Waals surface area contributed by atoms with Crippen molar-refractivity contribution in [1.29, 1.82) is 0 Å². The molecule has 0 unspecified atom stereocenters. The first-order valence-corrected chi connectivity index (χ1v) is 3.42. The van der Waals surface area contributed by atoms with Crippen molar-refractivity contribution >= 4 is 12.9 Å². The summed E-state index contributed by atoms with van der Waals surface area (Å²) >= 11 is 2.53. The van der Waals surface area contributed by atoms with Crippen molar-refractivity contribution in [2.45, 2.75) is 13.3 Å². The average molecular weight is 157 g/mol. The predicted octanol–water partition coefficient (Wildman–Crippen LogP) is 2.03. The van der Waals surface area contributed by atoms with E-state index in [4.69, 9.17) is 4.55 Å². The van der Waals surface area contributed by atoms with Gasteiger partial charge in [-0.15, -0.1) is 0 Å². The Morgan fingerprint density at radius 3 is 2.60 bits per heavy atom. The molecule has 0 aliphatic rings. The molecular weight excluding hydrogens is 146 g/mol. The zero-order valence-electron chi connectivity index (χ0n) is 5.86. The van der Waals surface area contributed by atoms with E-state index >= 15 is 0 Å². The summed E-state index contributed by atoms with van der Waals surface area (Å²) in [7, 11) is 0. The van der Waals surface area contributed by atoms with Crippen LogP contribution >= 0.6 is 12.9 Å². The van der Waals surface area contributed by atoms with Gasteiger partial charge in [-0.25, -0.2) is 0 Å². The zero-order valence-corrected chi connectivity index (χ0v) is 6.75. The first-order valence-electron chi connectivity index (χ1n) is 3.02. The van der Waals surface area contributed by atoms with E-state index in [2.05, 4.69) is 30.9 Å². The largest absolute Gasteiger partial charge is 0.333 e. The topological polar surface area (TPSA) is 33.1 Å². The molecule has 0 radical (unpaired) electrons. The molecule has 0 fully saturated rings. The highest BCUT2D eigenvalue weighted by atomic mass is 32.1. The van der Waals surface area contributed by atoms with Crippen molar-refractivity contribution in [3.8, 4) is 0 Å². The lowest BCUT2D eigenvalue weighted by molar-refractivity contribution is 0.679. The highest BCUT2D eigenvalue weighted by molar-refractivity contribution is 7.74. The SMILES string of the molecule is CCc1cccnc1.OS. The van der Waals surface area contributed by atoms with E-state index in [-0.39, 0.29) is 0 Å². The van der Waals surface area contributed by atoms with Crippen LogP contribution in [0.5, 0.6) is 0 Å². The zero-order chi connectivity index (χ0) is 7.82. The van der Waals surface area contributed by atoms with Crippen LogP contribution in [0.15, 0.2) is 24.5 Å². The van der Waals surface area contributed by atoms with Gasteiger partial charge < -0.3 is 4.55 Å². The van der Waals surface area contributed by atoms with Crippen LogP contribution in [0.25, 0.3) is 0 Å². The maximum atomic E-state index is 6.69. The molecule has 10 heavy (non-hydrogen) atoms. The van der Waals surface area contributed by atoms with Gasteiger partial charge in [-0.05, 0) is 31.0 Å². The van der Waals surface area contributed by atoms with Gasteiger partial charge in [0.2, 0.25) is 0 Å². The maximum absolute atomic E-state index is 6.69. The Balaban J connectivity index is 0.000000371. The summed E-state index contributed by atoms with van der Waals surface area (Å²) in [6, 6.07) is 4.03. The summed E-state index contributed by atoms with van der Waals surface area (Å²) in [6.07, 6.45) is 4.76. The number of thiol groups is 1. The second kappa shape index (κ2) is 6.58. The third-order valence-electron chi connectivity index (χ3n) is 1.13. The predicted molar refractivity (Wildman–Crippen MR) is 45.2 cm³/mol. The molecule has 0 aliphatic heterocycles. The van der Waals surface area contributed by atoms with Crippen LogP contribution in [-0.2, 0) is 6.42 Å². The molecular formula is C7H11NOS. The fraction of sp³-hybridized carbons (Fsp3) is 0.286. The smallest absolute Gasteiger partial charge is 0.0299 e. The van der Waals surface area contributed by atoms with Crippen molar-refractivity contribution in [3.05, 3.63) is 30.1 Å². The van der Waals surface area contributed by atoms with Crippen LogP contribution in [0.1, 0.15) is 12.5 Å². The Morgan fingerprint density at radius 1 is 1.60 bits per heavy atom. The summed E-state index contributed by atoms with van der Waals surface area (Å²) in [6.45, 7) is 2.12. The number of hydrogen-bond donors (Lipinski definition) is 2. The minimum absolute atomic E-state index is 1.08. The minimum atomic E-state index is 1.08. The van der Waals surface area contributed by atoms with Gasteiger partial charge in [0.15, 0.2) is 0 Å². The summed E-state index contributed by atoms with van der Waals surface area (Å²) in [4.78, 5) is 3.96.